The molecule has 90 valence electrons. The first-order chi connectivity index (χ1) is 7.30. The molecule has 2 N–H and O–H groups in total. The van der Waals surface area contributed by atoms with E-state index in [4.69, 9.17) is 5.73 Å². The fraction of sp³-hybridized carbons (Fsp3) is 1.00. The Labute approximate surface area is 99.0 Å². The highest BCUT2D eigenvalue weighted by Crippen LogP contribution is 2.22. The van der Waals surface area contributed by atoms with Gasteiger partial charge in [0.2, 0.25) is 0 Å². The van der Waals surface area contributed by atoms with Crippen LogP contribution in [0.4, 0.5) is 0 Å². The number of rotatable bonds is 6. The molecule has 2 unspecified atom stereocenters. The lowest BCUT2D eigenvalue weighted by molar-refractivity contribution is 0.231. The highest BCUT2D eigenvalue weighted by atomic mass is 32.2. The summed E-state index contributed by atoms with van der Waals surface area (Å²) in [6.07, 6.45) is 3.86. The Bertz CT molecular complexity index is 164. The van der Waals surface area contributed by atoms with Gasteiger partial charge in [0, 0.05) is 30.6 Å². The third-order valence-electron chi connectivity index (χ3n) is 3.22. The Hall–Kier alpha value is 0.270. The molecule has 0 aromatic rings. The Morgan fingerprint density at radius 3 is 2.87 bits per heavy atom. The van der Waals surface area contributed by atoms with Crippen LogP contribution >= 0.6 is 11.8 Å². The molecule has 15 heavy (non-hydrogen) atoms. The van der Waals surface area contributed by atoms with Crippen LogP contribution in [0, 0.1) is 5.92 Å². The van der Waals surface area contributed by atoms with E-state index in [1.165, 1.54) is 44.6 Å². The lowest BCUT2D eigenvalue weighted by Gasteiger charge is -2.34. The molecule has 0 radical (unpaired) electrons. The minimum atomic E-state index is 0.718. The second-order valence-electron chi connectivity index (χ2n) is 4.55. The second-order valence-corrected chi connectivity index (χ2v) is 5.96. The molecule has 1 aliphatic rings. The first-order valence-corrected chi connectivity index (χ1v) is 7.39. The van der Waals surface area contributed by atoms with E-state index in [-0.39, 0.29) is 0 Å². The maximum Gasteiger partial charge on any atom is 0.0172 e. The average molecular weight is 230 g/mol. The third-order valence-corrected chi connectivity index (χ3v) is 4.60. The molecule has 0 bridgehead atoms. The molecule has 1 saturated heterocycles. The van der Waals surface area contributed by atoms with Crippen molar-refractivity contribution in [1.82, 2.24) is 4.90 Å². The van der Waals surface area contributed by atoms with Crippen molar-refractivity contribution in [3.63, 3.8) is 0 Å². The maximum absolute atomic E-state index is 5.81. The number of hydrogen-bond acceptors (Lipinski definition) is 3. The summed E-state index contributed by atoms with van der Waals surface area (Å²) in [6.45, 7) is 9.18. The van der Waals surface area contributed by atoms with E-state index in [0.717, 1.165) is 17.7 Å². The van der Waals surface area contributed by atoms with Gasteiger partial charge in [0.15, 0.2) is 0 Å². The fourth-order valence-corrected chi connectivity index (χ4v) is 3.50. The standard InChI is InChI=1S/C12H26N2S/c1-3-5-11(8-13)9-14-6-7-15-12(4-2)10-14/h11-12H,3-10,13H2,1-2H3. The van der Waals surface area contributed by atoms with E-state index >= 15 is 0 Å². The molecule has 2 nitrogen and oxygen atoms in total. The van der Waals surface area contributed by atoms with Crippen molar-refractivity contribution in [3.05, 3.63) is 0 Å². The smallest absolute Gasteiger partial charge is 0.0172 e. The van der Waals surface area contributed by atoms with Crippen LogP contribution < -0.4 is 5.73 Å². The first-order valence-electron chi connectivity index (χ1n) is 6.34. The molecule has 3 heteroatoms. The topological polar surface area (TPSA) is 29.3 Å². The Balaban J connectivity index is 2.29. The molecule has 0 amide bonds. The van der Waals surface area contributed by atoms with E-state index in [9.17, 15) is 0 Å². The lowest BCUT2D eigenvalue weighted by Crippen LogP contribution is -2.41. The van der Waals surface area contributed by atoms with Crippen molar-refractivity contribution in [2.24, 2.45) is 11.7 Å². The van der Waals surface area contributed by atoms with E-state index in [2.05, 4.69) is 30.5 Å². The van der Waals surface area contributed by atoms with Crippen LogP contribution in [0.5, 0.6) is 0 Å². The predicted molar refractivity (Wildman–Crippen MR) is 70.4 cm³/mol. The van der Waals surface area contributed by atoms with E-state index in [0.29, 0.717) is 0 Å². The highest BCUT2D eigenvalue weighted by molar-refractivity contribution is 8.00. The van der Waals surface area contributed by atoms with Crippen molar-refractivity contribution >= 4 is 11.8 Å². The van der Waals surface area contributed by atoms with Crippen LogP contribution in [-0.4, -0.2) is 42.1 Å². The molecule has 1 aliphatic heterocycles. The van der Waals surface area contributed by atoms with Crippen molar-refractivity contribution in [3.8, 4) is 0 Å². The minimum Gasteiger partial charge on any atom is -0.330 e. The normalized spacial score (nSPS) is 25.4. The molecule has 0 aromatic carbocycles. The maximum atomic E-state index is 5.81. The summed E-state index contributed by atoms with van der Waals surface area (Å²) >= 11 is 2.14. The van der Waals surface area contributed by atoms with Gasteiger partial charge in [-0.25, -0.2) is 0 Å². The zero-order valence-electron chi connectivity index (χ0n) is 10.2. The highest BCUT2D eigenvalue weighted by Gasteiger charge is 2.20. The number of thioether (sulfide) groups is 1. The van der Waals surface area contributed by atoms with Crippen molar-refractivity contribution in [2.45, 2.75) is 38.4 Å². The number of hydrogen-bond donors (Lipinski definition) is 1. The summed E-state index contributed by atoms with van der Waals surface area (Å²) in [6, 6.07) is 0. The molecule has 1 fully saturated rings. The molecule has 1 rings (SSSR count). The minimum absolute atomic E-state index is 0.718. The lowest BCUT2D eigenvalue weighted by atomic mass is 10.0. The van der Waals surface area contributed by atoms with Crippen LogP contribution in [0.3, 0.4) is 0 Å². The Kier molecular flexibility index (Phi) is 6.69. The van der Waals surface area contributed by atoms with Crippen LogP contribution in [0.2, 0.25) is 0 Å². The Morgan fingerprint density at radius 1 is 1.47 bits per heavy atom. The van der Waals surface area contributed by atoms with Crippen LogP contribution in [-0.2, 0) is 0 Å². The number of nitrogens with zero attached hydrogens (tertiary/aromatic N) is 1. The van der Waals surface area contributed by atoms with Gasteiger partial charge < -0.3 is 10.6 Å². The van der Waals surface area contributed by atoms with Gasteiger partial charge in [-0.1, -0.05) is 20.3 Å². The summed E-state index contributed by atoms with van der Waals surface area (Å²) < 4.78 is 0. The first kappa shape index (κ1) is 13.3. The van der Waals surface area contributed by atoms with Crippen LogP contribution in [0.25, 0.3) is 0 Å². The summed E-state index contributed by atoms with van der Waals surface area (Å²) in [4.78, 5) is 2.62. The van der Waals surface area contributed by atoms with Gasteiger partial charge in [0.1, 0.15) is 0 Å². The van der Waals surface area contributed by atoms with Crippen molar-refractivity contribution in [1.29, 1.82) is 0 Å². The predicted octanol–water partition coefficient (Wildman–Crippen LogP) is 2.19. The molecule has 1 heterocycles. The van der Waals surface area contributed by atoms with E-state index < -0.39 is 0 Å². The van der Waals surface area contributed by atoms with Gasteiger partial charge in [-0.3, -0.25) is 0 Å². The monoisotopic (exact) mass is 230 g/mol. The van der Waals surface area contributed by atoms with E-state index in [1.54, 1.807) is 0 Å². The average Bonchev–Trinajstić information content (AvgIpc) is 2.29. The third kappa shape index (κ3) is 4.75. The van der Waals surface area contributed by atoms with Crippen molar-refractivity contribution in [2.75, 3.05) is 31.9 Å². The van der Waals surface area contributed by atoms with Gasteiger partial charge in [-0.15, -0.1) is 0 Å². The largest absolute Gasteiger partial charge is 0.330 e. The van der Waals surface area contributed by atoms with Crippen LogP contribution in [0.15, 0.2) is 0 Å². The zero-order chi connectivity index (χ0) is 11.1. The van der Waals surface area contributed by atoms with Gasteiger partial charge in [-0.05, 0) is 25.3 Å². The summed E-state index contributed by atoms with van der Waals surface area (Å²) in [7, 11) is 0. The molecular weight excluding hydrogens is 204 g/mol. The molecular formula is C12H26N2S. The fourth-order valence-electron chi connectivity index (χ4n) is 2.25. The molecule has 0 aliphatic carbocycles. The SMILES string of the molecule is CCCC(CN)CN1CCSC(CC)C1. The molecule has 0 saturated carbocycles. The second kappa shape index (κ2) is 7.53. The van der Waals surface area contributed by atoms with Gasteiger partial charge in [0.05, 0.1) is 0 Å². The van der Waals surface area contributed by atoms with E-state index in [1.807, 2.05) is 0 Å². The summed E-state index contributed by atoms with van der Waals surface area (Å²) in [5.74, 6) is 2.03. The molecule has 0 aromatic heterocycles. The zero-order valence-corrected chi connectivity index (χ0v) is 11.1. The van der Waals surface area contributed by atoms with Crippen LogP contribution in [0.1, 0.15) is 33.1 Å². The van der Waals surface area contributed by atoms with Gasteiger partial charge >= 0.3 is 0 Å². The number of nitrogens with two attached hydrogens (primary N) is 1. The summed E-state index contributed by atoms with van der Waals surface area (Å²) in [5.41, 5.74) is 5.81. The quantitative estimate of drug-likeness (QED) is 0.758. The molecule has 2 atom stereocenters. The van der Waals surface area contributed by atoms with Gasteiger partial charge in [0.25, 0.3) is 0 Å². The van der Waals surface area contributed by atoms with Crippen molar-refractivity contribution < 1.29 is 0 Å². The Morgan fingerprint density at radius 2 is 2.27 bits per heavy atom. The molecule has 0 spiro atoms. The van der Waals surface area contributed by atoms with Gasteiger partial charge in [-0.2, -0.15) is 11.8 Å². The summed E-state index contributed by atoms with van der Waals surface area (Å²) in [5, 5.41) is 0.860.